The molecule has 2 aromatic carbocycles. The maximum Gasteiger partial charge on any atom is 0.137 e. The molecule has 0 N–H and O–H groups in total. The number of methoxy groups -OCH3 is 1. The molecule has 4 heteroatoms. The van der Waals surface area contributed by atoms with Crippen molar-refractivity contribution in [3.05, 3.63) is 65.9 Å². The van der Waals surface area contributed by atoms with Crippen LogP contribution in [0, 0.1) is 0 Å². The van der Waals surface area contributed by atoms with Crippen molar-refractivity contribution in [1.82, 2.24) is 9.88 Å². The number of aromatic nitrogens is 1. The van der Waals surface area contributed by atoms with Crippen LogP contribution in [0.25, 0.3) is 22.9 Å². The van der Waals surface area contributed by atoms with Crippen LogP contribution in [0.2, 0.25) is 0 Å². The second kappa shape index (κ2) is 8.44. The molecule has 0 spiro atoms. The Morgan fingerprint density at radius 1 is 0.964 bits per heavy atom. The molecule has 1 fully saturated rings. The van der Waals surface area contributed by atoms with E-state index in [0.29, 0.717) is 0 Å². The Balaban J connectivity index is 1.64. The van der Waals surface area contributed by atoms with Crippen molar-refractivity contribution < 1.29 is 4.74 Å². The SMILES string of the molecule is CCN1CCN(c2nc(/C=C\c3ccc(OC)cc3)cc3ccccc23)CC1. The highest BCUT2D eigenvalue weighted by molar-refractivity contribution is 5.94. The molecular formula is C24H27N3O. The van der Waals surface area contributed by atoms with E-state index in [9.17, 15) is 0 Å². The first-order chi connectivity index (χ1) is 13.8. The van der Waals surface area contributed by atoms with E-state index in [2.05, 4.69) is 71.3 Å². The van der Waals surface area contributed by atoms with Crippen LogP contribution in [0.1, 0.15) is 18.2 Å². The molecule has 1 aromatic heterocycles. The first-order valence-electron chi connectivity index (χ1n) is 9.96. The standard InChI is InChI=1S/C24H27N3O/c1-3-26-14-16-27(17-15-26)24-23-7-5-4-6-20(23)18-21(25-24)11-8-19-9-12-22(28-2)13-10-19/h4-13,18H,3,14-17H2,1-2H3/b11-8-. The van der Waals surface area contributed by atoms with Gasteiger partial charge in [0.2, 0.25) is 0 Å². The van der Waals surface area contributed by atoms with E-state index >= 15 is 0 Å². The molecule has 0 unspecified atom stereocenters. The van der Waals surface area contributed by atoms with Gasteiger partial charge in [0.05, 0.1) is 12.8 Å². The third-order valence-corrected chi connectivity index (χ3v) is 5.42. The Morgan fingerprint density at radius 2 is 1.71 bits per heavy atom. The number of nitrogens with zero attached hydrogens (tertiary/aromatic N) is 3. The summed E-state index contributed by atoms with van der Waals surface area (Å²) in [5, 5.41) is 2.47. The number of anilines is 1. The lowest BCUT2D eigenvalue weighted by atomic mass is 10.1. The highest BCUT2D eigenvalue weighted by atomic mass is 16.5. The Morgan fingerprint density at radius 3 is 2.43 bits per heavy atom. The quantitative estimate of drug-likeness (QED) is 0.656. The van der Waals surface area contributed by atoms with Crippen LogP contribution >= 0.6 is 0 Å². The lowest BCUT2D eigenvalue weighted by Crippen LogP contribution is -2.46. The van der Waals surface area contributed by atoms with Gasteiger partial charge in [-0.1, -0.05) is 49.4 Å². The molecule has 0 saturated carbocycles. The minimum absolute atomic E-state index is 0.870. The van der Waals surface area contributed by atoms with Crippen molar-refractivity contribution in [1.29, 1.82) is 0 Å². The number of rotatable bonds is 5. The number of hydrogen-bond donors (Lipinski definition) is 0. The number of hydrogen-bond acceptors (Lipinski definition) is 4. The summed E-state index contributed by atoms with van der Waals surface area (Å²) >= 11 is 0. The summed E-state index contributed by atoms with van der Waals surface area (Å²) in [5.74, 6) is 1.97. The second-order valence-corrected chi connectivity index (χ2v) is 7.12. The summed E-state index contributed by atoms with van der Waals surface area (Å²) in [6.07, 6.45) is 4.20. The fourth-order valence-electron chi connectivity index (χ4n) is 3.70. The predicted octanol–water partition coefficient (Wildman–Crippen LogP) is 4.56. The molecule has 2 heterocycles. The molecule has 1 saturated heterocycles. The molecule has 1 aliphatic heterocycles. The topological polar surface area (TPSA) is 28.6 Å². The molecule has 0 amide bonds. The van der Waals surface area contributed by atoms with E-state index in [1.54, 1.807) is 7.11 Å². The second-order valence-electron chi connectivity index (χ2n) is 7.12. The zero-order valence-electron chi connectivity index (χ0n) is 16.6. The average molecular weight is 374 g/mol. The van der Waals surface area contributed by atoms with Crippen LogP contribution in [0.3, 0.4) is 0 Å². The van der Waals surface area contributed by atoms with Gasteiger partial charge in [-0.2, -0.15) is 0 Å². The van der Waals surface area contributed by atoms with Crippen LogP contribution in [0.4, 0.5) is 5.82 Å². The van der Waals surface area contributed by atoms with Crippen LogP contribution in [-0.2, 0) is 0 Å². The smallest absolute Gasteiger partial charge is 0.137 e. The van der Waals surface area contributed by atoms with Gasteiger partial charge in [0.1, 0.15) is 11.6 Å². The first-order valence-corrected chi connectivity index (χ1v) is 9.96. The average Bonchev–Trinajstić information content (AvgIpc) is 2.77. The Hall–Kier alpha value is -2.85. The Kier molecular flexibility index (Phi) is 5.58. The molecular weight excluding hydrogens is 346 g/mol. The summed E-state index contributed by atoms with van der Waals surface area (Å²) in [5.41, 5.74) is 2.12. The zero-order chi connectivity index (χ0) is 19.3. The molecule has 4 rings (SSSR count). The van der Waals surface area contributed by atoms with Crippen molar-refractivity contribution in [2.45, 2.75) is 6.92 Å². The lowest BCUT2D eigenvalue weighted by Gasteiger charge is -2.35. The minimum Gasteiger partial charge on any atom is -0.497 e. The first kappa shape index (κ1) is 18.5. The molecule has 0 bridgehead atoms. The van der Waals surface area contributed by atoms with Gasteiger partial charge in [-0.3, -0.25) is 0 Å². The monoisotopic (exact) mass is 373 g/mol. The summed E-state index contributed by atoms with van der Waals surface area (Å²) in [6, 6.07) is 18.8. The minimum atomic E-state index is 0.870. The van der Waals surface area contributed by atoms with Crippen molar-refractivity contribution in [2.24, 2.45) is 0 Å². The molecule has 1 aliphatic rings. The lowest BCUT2D eigenvalue weighted by molar-refractivity contribution is 0.271. The van der Waals surface area contributed by atoms with Gasteiger partial charge in [-0.15, -0.1) is 0 Å². The van der Waals surface area contributed by atoms with Gasteiger partial charge in [0.25, 0.3) is 0 Å². The van der Waals surface area contributed by atoms with Gasteiger partial charge in [0, 0.05) is 31.6 Å². The Labute approximate surface area is 167 Å². The normalized spacial score (nSPS) is 15.4. The van der Waals surface area contributed by atoms with Gasteiger partial charge < -0.3 is 14.5 Å². The van der Waals surface area contributed by atoms with Crippen LogP contribution in [-0.4, -0.2) is 49.7 Å². The Bertz CT molecular complexity index is 957. The maximum atomic E-state index is 5.23. The van der Waals surface area contributed by atoms with Gasteiger partial charge in [-0.25, -0.2) is 4.98 Å². The fourth-order valence-corrected chi connectivity index (χ4v) is 3.70. The molecule has 144 valence electrons. The number of ether oxygens (including phenoxy) is 1. The number of benzene rings is 2. The van der Waals surface area contributed by atoms with Crippen molar-refractivity contribution >= 4 is 28.7 Å². The number of piperazine rings is 1. The van der Waals surface area contributed by atoms with Crippen LogP contribution in [0.15, 0.2) is 54.6 Å². The zero-order valence-corrected chi connectivity index (χ0v) is 16.6. The van der Waals surface area contributed by atoms with E-state index in [4.69, 9.17) is 9.72 Å². The van der Waals surface area contributed by atoms with Gasteiger partial charge in [-0.05, 0) is 41.8 Å². The highest BCUT2D eigenvalue weighted by Crippen LogP contribution is 2.27. The molecule has 28 heavy (non-hydrogen) atoms. The van der Waals surface area contributed by atoms with E-state index in [1.165, 1.54) is 10.8 Å². The van der Waals surface area contributed by atoms with Gasteiger partial charge in [0.15, 0.2) is 0 Å². The molecule has 4 nitrogen and oxygen atoms in total. The predicted molar refractivity (Wildman–Crippen MR) is 118 cm³/mol. The summed E-state index contributed by atoms with van der Waals surface area (Å²) in [4.78, 5) is 9.94. The van der Waals surface area contributed by atoms with E-state index < -0.39 is 0 Å². The van der Waals surface area contributed by atoms with Gasteiger partial charge >= 0.3 is 0 Å². The van der Waals surface area contributed by atoms with Crippen molar-refractivity contribution in [3.8, 4) is 5.75 Å². The van der Waals surface area contributed by atoms with Crippen molar-refractivity contribution in [2.75, 3.05) is 44.7 Å². The third-order valence-electron chi connectivity index (χ3n) is 5.42. The highest BCUT2D eigenvalue weighted by Gasteiger charge is 2.19. The van der Waals surface area contributed by atoms with Crippen LogP contribution < -0.4 is 9.64 Å². The molecule has 0 aliphatic carbocycles. The fraction of sp³-hybridized carbons (Fsp3) is 0.292. The number of pyridine rings is 1. The molecule has 0 atom stereocenters. The number of fused-ring (bicyclic) bond motifs is 1. The summed E-state index contributed by atoms with van der Waals surface area (Å²) in [7, 11) is 1.69. The number of likely N-dealkylation sites (N-methyl/N-ethyl adjacent to an activating group) is 1. The molecule has 3 aromatic rings. The maximum absolute atomic E-state index is 5.23. The van der Waals surface area contributed by atoms with Crippen molar-refractivity contribution in [3.63, 3.8) is 0 Å². The molecule has 0 radical (unpaired) electrons. The van der Waals surface area contributed by atoms with E-state index in [1.807, 2.05) is 12.1 Å². The summed E-state index contributed by atoms with van der Waals surface area (Å²) < 4.78 is 5.23. The third kappa shape index (κ3) is 4.02. The van der Waals surface area contributed by atoms with E-state index in [-0.39, 0.29) is 0 Å². The largest absolute Gasteiger partial charge is 0.497 e. The summed E-state index contributed by atoms with van der Waals surface area (Å²) in [6.45, 7) is 7.59. The van der Waals surface area contributed by atoms with E-state index in [0.717, 1.165) is 55.5 Å². The van der Waals surface area contributed by atoms with Crippen LogP contribution in [0.5, 0.6) is 5.75 Å².